The van der Waals surface area contributed by atoms with E-state index in [9.17, 15) is 0 Å². The van der Waals surface area contributed by atoms with Crippen LogP contribution in [0.25, 0.3) is 0 Å². The van der Waals surface area contributed by atoms with Crippen molar-refractivity contribution in [2.45, 2.75) is 39.3 Å². The molecule has 2 rings (SSSR count). The zero-order valence-corrected chi connectivity index (χ0v) is 8.90. The molecule has 1 aliphatic heterocycles. The van der Waals surface area contributed by atoms with Crippen LogP contribution in [0.5, 0.6) is 0 Å². The van der Waals surface area contributed by atoms with Crippen LogP contribution in [0.15, 0.2) is 6.20 Å². The summed E-state index contributed by atoms with van der Waals surface area (Å²) in [7, 11) is 0. The minimum absolute atomic E-state index is 0.452. The zero-order chi connectivity index (χ0) is 9.97. The van der Waals surface area contributed by atoms with Gasteiger partial charge in [0.05, 0.1) is 17.9 Å². The Morgan fingerprint density at radius 2 is 2.50 bits per heavy atom. The topological polar surface area (TPSA) is 42.7 Å². The van der Waals surface area contributed by atoms with Gasteiger partial charge in [-0.25, -0.2) is 4.68 Å². The summed E-state index contributed by atoms with van der Waals surface area (Å²) in [5, 5.41) is 11.6. The molecule has 2 heterocycles. The van der Waals surface area contributed by atoms with Gasteiger partial charge in [-0.1, -0.05) is 12.1 Å². The first-order valence-electron chi connectivity index (χ1n) is 5.43. The third-order valence-electron chi connectivity index (χ3n) is 2.97. The first kappa shape index (κ1) is 9.65. The van der Waals surface area contributed by atoms with Crippen molar-refractivity contribution in [2.24, 2.45) is 5.92 Å². The molecule has 0 saturated carbocycles. The van der Waals surface area contributed by atoms with Gasteiger partial charge >= 0.3 is 0 Å². The molecule has 0 aromatic carbocycles. The van der Waals surface area contributed by atoms with E-state index in [0.717, 1.165) is 19.0 Å². The molecule has 0 amide bonds. The van der Waals surface area contributed by atoms with Gasteiger partial charge in [-0.3, -0.25) is 0 Å². The molecule has 1 saturated heterocycles. The molecule has 0 aliphatic carbocycles. The molecule has 1 aliphatic rings. The molecule has 0 spiro atoms. The van der Waals surface area contributed by atoms with Crippen LogP contribution in [0, 0.1) is 5.92 Å². The molecule has 1 N–H and O–H groups in total. The van der Waals surface area contributed by atoms with Gasteiger partial charge in [0, 0.05) is 6.54 Å². The highest BCUT2D eigenvalue weighted by Gasteiger charge is 2.22. The van der Waals surface area contributed by atoms with E-state index in [1.165, 1.54) is 18.5 Å². The molecule has 2 unspecified atom stereocenters. The molecule has 14 heavy (non-hydrogen) atoms. The maximum atomic E-state index is 4.06. The van der Waals surface area contributed by atoms with Gasteiger partial charge in [0.1, 0.15) is 0 Å². The number of hydrogen-bond acceptors (Lipinski definition) is 3. The van der Waals surface area contributed by atoms with E-state index in [0.29, 0.717) is 6.04 Å². The Labute approximate surface area is 84.7 Å². The average Bonchev–Trinajstić information content (AvgIpc) is 2.65. The Balaban J connectivity index is 2.13. The van der Waals surface area contributed by atoms with E-state index in [2.05, 4.69) is 29.5 Å². The van der Waals surface area contributed by atoms with Crippen LogP contribution >= 0.6 is 0 Å². The Bertz CT molecular complexity index is 294. The fourth-order valence-corrected chi connectivity index (χ4v) is 2.11. The highest BCUT2D eigenvalue weighted by Crippen LogP contribution is 2.25. The number of aryl methyl sites for hydroxylation is 1. The third kappa shape index (κ3) is 1.80. The highest BCUT2D eigenvalue weighted by molar-refractivity contribution is 5.03. The summed E-state index contributed by atoms with van der Waals surface area (Å²) in [6.07, 6.45) is 4.37. The third-order valence-corrected chi connectivity index (χ3v) is 2.97. The van der Waals surface area contributed by atoms with Gasteiger partial charge in [-0.15, -0.1) is 5.10 Å². The number of hydrogen-bond donors (Lipinski definition) is 1. The highest BCUT2D eigenvalue weighted by atomic mass is 15.4. The van der Waals surface area contributed by atoms with Crippen molar-refractivity contribution < 1.29 is 0 Å². The molecular weight excluding hydrogens is 176 g/mol. The molecule has 4 nitrogen and oxygen atoms in total. The molecule has 2 atom stereocenters. The van der Waals surface area contributed by atoms with Gasteiger partial charge in [-0.05, 0) is 32.2 Å². The standard InChI is InChI=1S/C10H18N4/c1-3-14-10(7-12-13-14)9-6-8(2)4-5-11-9/h7-9,11H,3-6H2,1-2H3. The summed E-state index contributed by atoms with van der Waals surface area (Å²) in [5.74, 6) is 0.807. The van der Waals surface area contributed by atoms with Crippen molar-refractivity contribution in [1.29, 1.82) is 0 Å². The second kappa shape index (κ2) is 4.09. The normalized spacial score (nSPS) is 27.9. The lowest BCUT2D eigenvalue weighted by atomic mass is 9.93. The summed E-state index contributed by atoms with van der Waals surface area (Å²) >= 11 is 0. The van der Waals surface area contributed by atoms with Crippen molar-refractivity contribution in [1.82, 2.24) is 20.3 Å². The summed E-state index contributed by atoms with van der Waals surface area (Å²) in [6.45, 7) is 6.43. The zero-order valence-electron chi connectivity index (χ0n) is 8.90. The summed E-state index contributed by atoms with van der Waals surface area (Å²) in [6, 6.07) is 0.452. The van der Waals surface area contributed by atoms with Crippen molar-refractivity contribution in [3.8, 4) is 0 Å². The molecule has 1 aromatic heterocycles. The van der Waals surface area contributed by atoms with Crippen LogP contribution in [0.3, 0.4) is 0 Å². The Morgan fingerprint density at radius 3 is 3.21 bits per heavy atom. The number of aromatic nitrogens is 3. The van der Waals surface area contributed by atoms with Crippen molar-refractivity contribution in [3.05, 3.63) is 11.9 Å². The quantitative estimate of drug-likeness (QED) is 0.773. The first-order chi connectivity index (χ1) is 6.81. The lowest BCUT2D eigenvalue weighted by Gasteiger charge is -2.28. The second-order valence-corrected chi connectivity index (χ2v) is 4.11. The van der Waals surface area contributed by atoms with Gasteiger partial charge in [-0.2, -0.15) is 0 Å². The van der Waals surface area contributed by atoms with Crippen molar-refractivity contribution >= 4 is 0 Å². The van der Waals surface area contributed by atoms with Gasteiger partial charge in [0.2, 0.25) is 0 Å². The number of piperidine rings is 1. The van der Waals surface area contributed by atoms with Gasteiger partial charge in [0.15, 0.2) is 0 Å². The fourth-order valence-electron chi connectivity index (χ4n) is 2.11. The summed E-state index contributed by atoms with van der Waals surface area (Å²) < 4.78 is 1.98. The van der Waals surface area contributed by atoms with Crippen LogP contribution in [0.4, 0.5) is 0 Å². The van der Waals surface area contributed by atoms with E-state index in [1.807, 2.05) is 10.9 Å². The number of rotatable bonds is 2. The lowest BCUT2D eigenvalue weighted by molar-refractivity contribution is 0.312. The molecule has 4 heteroatoms. The predicted octanol–water partition coefficient (Wildman–Crippen LogP) is 1.36. The Hall–Kier alpha value is -0.900. The average molecular weight is 194 g/mol. The first-order valence-corrected chi connectivity index (χ1v) is 5.43. The van der Waals surface area contributed by atoms with Crippen molar-refractivity contribution in [3.63, 3.8) is 0 Å². The molecule has 1 aromatic rings. The summed E-state index contributed by atoms with van der Waals surface area (Å²) in [5.41, 5.74) is 1.24. The van der Waals surface area contributed by atoms with Crippen LogP contribution in [-0.4, -0.2) is 21.5 Å². The molecular formula is C10H18N4. The van der Waals surface area contributed by atoms with Crippen LogP contribution in [0.2, 0.25) is 0 Å². The lowest BCUT2D eigenvalue weighted by Crippen LogP contribution is -2.32. The maximum Gasteiger partial charge on any atom is 0.0756 e. The van der Waals surface area contributed by atoms with Gasteiger partial charge < -0.3 is 5.32 Å². The number of nitrogens with one attached hydrogen (secondary N) is 1. The molecule has 1 fully saturated rings. The SMILES string of the molecule is CCn1nncc1C1CC(C)CCN1. The number of nitrogens with zero attached hydrogens (tertiary/aromatic N) is 3. The maximum absolute atomic E-state index is 4.06. The minimum atomic E-state index is 0.452. The smallest absolute Gasteiger partial charge is 0.0756 e. The Morgan fingerprint density at radius 1 is 1.64 bits per heavy atom. The molecule has 0 radical (unpaired) electrons. The predicted molar refractivity (Wildman–Crippen MR) is 54.8 cm³/mol. The molecule has 78 valence electrons. The van der Waals surface area contributed by atoms with E-state index in [-0.39, 0.29) is 0 Å². The van der Waals surface area contributed by atoms with E-state index in [1.54, 1.807) is 0 Å². The van der Waals surface area contributed by atoms with Crippen molar-refractivity contribution in [2.75, 3.05) is 6.54 Å². The van der Waals surface area contributed by atoms with E-state index < -0.39 is 0 Å². The monoisotopic (exact) mass is 194 g/mol. The molecule has 0 bridgehead atoms. The summed E-state index contributed by atoms with van der Waals surface area (Å²) in [4.78, 5) is 0. The van der Waals surface area contributed by atoms with E-state index in [4.69, 9.17) is 0 Å². The van der Waals surface area contributed by atoms with E-state index >= 15 is 0 Å². The fraction of sp³-hybridized carbons (Fsp3) is 0.800. The van der Waals surface area contributed by atoms with Crippen LogP contribution in [0.1, 0.15) is 38.4 Å². The van der Waals surface area contributed by atoms with Crippen LogP contribution in [-0.2, 0) is 6.54 Å². The largest absolute Gasteiger partial charge is 0.309 e. The minimum Gasteiger partial charge on any atom is -0.309 e. The van der Waals surface area contributed by atoms with Gasteiger partial charge in [0.25, 0.3) is 0 Å². The second-order valence-electron chi connectivity index (χ2n) is 4.11. The Kier molecular flexibility index (Phi) is 2.82. The van der Waals surface area contributed by atoms with Crippen LogP contribution < -0.4 is 5.32 Å².